The van der Waals surface area contributed by atoms with Crippen molar-refractivity contribution in [1.29, 1.82) is 0 Å². The highest BCUT2D eigenvalue weighted by molar-refractivity contribution is 5.68. The molecule has 7 heteroatoms. The highest BCUT2D eigenvalue weighted by Gasteiger charge is 2.32. The zero-order chi connectivity index (χ0) is 16.1. The number of benzene rings is 1. The van der Waals surface area contributed by atoms with Crippen LogP contribution in [-0.4, -0.2) is 66.2 Å². The van der Waals surface area contributed by atoms with Crippen LogP contribution in [0.4, 0.5) is 4.79 Å². The van der Waals surface area contributed by atoms with E-state index in [1.807, 2.05) is 30.3 Å². The summed E-state index contributed by atoms with van der Waals surface area (Å²) in [5.41, 5.74) is 0.995. The number of likely N-dealkylation sites (tertiary alicyclic amines) is 1. The van der Waals surface area contributed by atoms with Gasteiger partial charge in [-0.25, -0.2) is 4.79 Å². The van der Waals surface area contributed by atoms with Gasteiger partial charge < -0.3 is 9.64 Å². The molecule has 0 bridgehead atoms. The summed E-state index contributed by atoms with van der Waals surface area (Å²) < 4.78 is 5.39. The van der Waals surface area contributed by atoms with Gasteiger partial charge in [0.2, 0.25) is 0 Å². The molecule has 23 heavy (non-hydrogen) atoms. The van der Waals surface area contributed by atoms with E-state index in [0.717, 1.165) is 31.6 Å². The van der Waals surface area contributed by atoms with Crippen LogP contribution in [0.3, 0.4) is 0 Å². The number of piperazine rings is 1. The average Bonchev–Trinajstić information content (AvgIpc) is 3.11. The summed E-state index contributed by atoms with van der Waals surface area (Å²) in [6.45, 7) is 4.71. The Balaban J connectivity index is 1.44. The number of hydrogen-bond acceptors (Lipinski definition) is 5. The van der Waals surface area contributed by atoms with Crippen LogP contribution in [0.1, 0.15) is 12.0 Å². The SMILES string of the molecule is O=NN1CCN(C2CCN(C(=O)OCc3ccccc3)C2)CC1. The topological polar surface area (TPSA) is 65.5 Å². The maximum Gasteiger partial charge on any atom is 0.410 e. The molecule has 0 saturated carbocycles. The fraction of sp³-hybridized carbons (Fsp3) is 0.562. The van der Waals surface area contributed by atoms with E-state index in [0.29, 0.717) is 32.3 Å². The number of carbonyl (C=O) groups is 1. The molecule has 0 spiro atoms. The number of ether oxygens (including phenoxy) is 1. The van der Waals surface area contributed by atoms with Crippen LogP contribution >= 0.6 is 0 Å². The van der Waals surface area contributed by atoms with E-state index >= 15 is 0 Å². The quantitative estimate of drug-likeness (QED) is 0.791. The summed E-state index contributed by atoms with van der Waals surface area (Å²) in [7, 11) is 0. The summed E-state index contributed by atoms with van der Waals surface area (Å²) in [5, 5.41) is 4.53. The number of amides is 1. The first kappa shape index (κ1) is 15.7. The van der Waals surface area contributed by atoms with Crippen LogP contribution in [0, 0.1) is 4.91 Å². The Labute approximate surface area is 135 Å². The smallest absolute Gasteiger partial charge is 0.410 e. The van der Waals surface area contributed by atoms with Crippen molar-refractivity contribution < 1.29 is 9.53 Å². The Kier molecular flexibility index (Phi) is 5.07. The second-order valence-corrected chi connectivity index (χ2v) is 6.00. The predicted octanol–water partition coefficient (Wildman–Crippen LogP) is 1.70. The van der Waals surface area contributed by atoms with Crippen molar-refractivity contribution in [1.82, 2.24) is 14.8 Å². The first-order valence-electron chi connectivity index (χ1n) is 8.04. The largest absolute Gasteiger partial charge is 0.445 e. The summed E-state index contributed by atoms with van der Waals surface area (Å²) in [6.07, 6.45) is 0.708. The van der Waals surface area contributed by atoms with Crippen molar-refractivity contribution in [2.45, 2.75) is 19.1 Å². The lowest BCUT2D eigenvalue weighted by Gasteiger charge is -2.35. The zero-order valence-corrected chi connectivity index (χ0v) is 13.1. The zero-order valence-electron chi connectivity index (χ0n) is 13.1. The molecule has 7 nitrogen and oxygen atoms in total. The number of rotatable bonds is 4. The molecule has 2 heterocycles. The van der Waals surface area contributed by atoms with Crippen molar-refractivity contribution in [3.05, 3.63) is 40.8 Å². The fourth-order valence-corrected chi connectivity index (χ4v) is 3.17. The van der Waals surface area contributed by atoms with Gasteiger partial charge in [-0.15, -0.1) is 4.91 Å². The van der Waals surface area contributed by atoms with E-state index in [1.54, 1.807) is 9.91 Å². The minimum absolute atomic E-state index is 0.246. The lowest BCUT2D eigenvalue weighted by molar-refractivity contribution is 0.0863. The molecule has 2 aliphatic rings. The van der Waals surface area contributed by atoms with Crippen LogP contribution in [0.25, 0.3) is 0 Å². The lowest BCUT2D eigenvalue weighted by atomic mass is 10.2. The Morgan fingerprint density at radius 3 is 2.57 bits per heavy atom. The van der Waals surface area contributed by atoms with Crippen molar-refractivity contribution in [3.63, 3.8) is 0 Å². The van der Waals surface area contributed by atoms with Gasteiger partial charge in [-0.2, -0.15) is 0 Å². The van der Waals surface area contributed by atoms with Crippen LogP contribution in [-0.2, 0) is 11.3 Å². The average molecular weight is 318 g/mol. The molecule has 0 aromatic heterocycles. The Hall–Kier alpha value is -2.15. The van der Waals surface area contributed by atoms with Gasteiger partial charge in [-0.3, -0.25) is 9.91 Å². The molecule has 3 rings (SSSR count). The monoisotopic (exact) mass is 318 g/mol. The highest BCUT2D eigenvalue weighted by Crippen LogP contribution is 2.18. The minimum atomic E-state index is -0.246. The summed E-state index contributed by atoms with van der Waals surface area (Å²) >= 11 is 0. The first-order valence-corrected chi connectivity index (χ1v) is 8.04. The van der Waals surface area contributed by atoms with E-state index < -0.39 is 0 Å². The third-order valence-electron chi connectivity index (χ3n) is 4.55. The first-order chi connectivity index (χ1) is 11.3. The van der Waals surface area contributed by atoms with Crippen molar-refractivity contribution >= 4 is 6.09 Å². The maximum absolute atomic E-state index is 12.2. The molecular weight excluding hydrogens is 296 g/mol. The molecule has 0 aliphatic carbocycles. The number of nitroso groups, excluding NO2 is 1. The van der Waals surface area contributed by atoms with Gasteiger partial charge in [-0.05, 0) is 12.0 Å². The molecular formula is C16H22N4O3. The summed E-state index contributed by atoms with van der Waals surface area (Å²) in [5.74, 6) is 0. The molecule has 124 valence electrons. The fourth-order valence-electron chi connectivity index (χ4n) is 3.17. The summed E-state index contributed by atoms with van der Waals surface area (Å²) in [6, 6.07) is 10.1. The van der Waals surface area contributed by atoms with Crippen molar-refractivity contribution in [2.24, 2.45) is 5.29 Å². The second-order valence-electron chi connectivity index (χ2n) is 6.00. The molecule has 1 atom stereocenters. The van der Waals surface area contributed by atoms with E-state index in [9.17, 15) is 9.70 Å². The number of hydrogen-bond donors (Lipinski definition) is 0. The lowest BCUT2D eigenvalue weighted by Crippen LogP contribution is -2.49. The normalized spacial score (nSPS) is 22.2. The molecule has 2 saturated heterocycles. The standard InChI is InChI=1S/C16H22N4O3/c21-16(23-13-14-4-2-1-3-5-14)19-7-6-15(12-19)18-8-10-20(17-22)11-9-18/h1-5,15H,6-13H2. The van der Waals surface area contributed by atoms with Gasteiger partial charge in [0.1, 0.15) is 6.61 Å². The molecule has 0 radical (unpaired) electrons. The molecule has 2 fully saturated rings. The van der Waals surface area contributed by atoms with Gasteiger partial charge in [0.25, 0.3) is 0 Å². The second kappa shape index (κ2) is 7.41. The van der Waals surface area contributed by atoms with Gasteiger partial charge in [0.05, 0.1) is 18.4 Å². The van der Waals surface area contributed by atoms with E-state index in [2.05, 4.69) is 10.2 Å². The van der Waals surface area contributed by atoms with Crippen LogP contribution < -0.4 is 0 Å². The Morgan fingerprint density at radius 1 is 1.13 bits per heavy atom. The summed E-state index contributed by atoms with van der Waals surface area (Å²) in [4.78, 5) is 26.8. The van der Waals surface area contributed by atoms with Crippen molar-refractivity contribution in [2.75, 3.05) is 39.3 Å². The Bertz CT molecular complexity index is 531. The third-order valence-corrected chi connectivity index (χ3v) is 4.55. The van der Waals surface area contributed by atoms with Crippen LogP contribution in [0.15, 0.2) is 35.6 Å². The van der Waals surface area contributed by atoms with Gasteiger partial charge in [-0.1, -0.05) is 30.3 Å². The van der Waals surface area contributed by atoms with Gasteiger partial charge in [0.15, 0.2) is 0 Å². The number of nitrogens with zero attached hydrogens (tertiary/aromatic N) is 4. The molecule has 2 aliphatic heterocycles. The molecule has 1 amide bonds. The van der Waals surface area contributed by atoms with Crippen LogP contribution in [0.2, 0.25) is 0 Å². The van der Waals surface area contributed by atoms with Crippen molar-refractivity contribution in [3.8, 4) is 0 Å². The van der Waals surface area contributed by atoms with Gasteiger partial charge in [0, 0.05) is 32.2 Å². The predicted molar refractivity (Wildman–Crippen MR) is 85.5 cm³/mol. The molecule has 1 aromatic carbocycles. The molecule has 0 N–H and O–H groups in total. The van der Waals surface area contributed by atoms with Crippen LogP contribution in [0.5, 0.6) is 0 Å². The third kappa shape index (κ3) is 3.98. The van der Waals surface area contributed by atoms with E-state index in [-0.39, 0.29) is 6.09 Å². The molecule has 1 aromatic rings. The highest BCUT2D eigenvalue weighted by atomic mass is 16.6. The maximum atomic E-state index is 12.2. The van der Waals surface area contributed by atoms with E-state index in [1.165, 1.54) is 0 Å². The van der Waals surface area contributed by atoms with E-state index in [4.69, 9.17) is 4.74 Å². The number of carbonyl (C=O) groups excluding carboxylic acids is 1. The Morgan fingerprint density at radius 2 is 1.87 bits per heavy atom. The van der Waals surface area contributed by atoms with Gasteiger partial charge >= 0.3 is 6.09 Å². The minimum Gasteiger partial charge on any atom is -0.445 e. The molecule has 1 unspecified atom stereocenters.